The second kappa shape index (κ2) is 9.50. The highest BCUT2D eigenvalue weighted by molar-refractivity contribution is 5.85. The van der Waals surface area contributed by atoms with Gasteiger partial charge in [-0.05, 0) is 38.3 Å². The van der Waals surface area contributed by atoms with Gasteiger partial charge in [0.1, 0.15) is 0 Å². The molecule has 1 fully saturated rings. The van der Waals surface area contributed by atoms with Crippen LogP contribution in [0.1, 0.15) is 32.3 Å². The number of halogens is 2. The minimum Gasteiger partial charge on any atom is -0.368 e. The van der Waals surface area contributed by atoms with E-state index >= 15 is 0 Å². The number of nitrogens with zero attached hydrogens (tertiary/aromatic N) is 2. The Bertz CT molecular complexity index is 541. The third-order valence-corrected chi connectivity index (χ3v) is 5.05. The number of carbonyl (C=O) groups excluding carboxylic acids is 1. The highest BCUT2D eigenvalue weighted by Gasteiger charge is 2.26. The van der Waals surface area contributed by atoms with E-state index in [2.05, 4.69) is 48.3 Å². The summed E-state index contributed by atoms with van der Waals surface area (Å²) in [4.78, 5) is 17.0. The van der Waals surface area contributed by atoms with Crippen molar-refractivity contribution in [3.8, 4) is 0 Å². The smallest absolute Gasteiger partial charge is 0.224 e. The number of aryl methyl sites for hydroxylation is 1. The number of amides is 1. The number of piperazine rings is 1. The van der Waals surface area contributed by atoms with E-state index in [0.717, 1.165) is 32.6 Å². The van der Waals surface area contributed by atoms with Crippen LogP contribution >= 0.6 is 24.8 Å². The molecule has 0 saturated carbocycles. The van der Waals surface area contributed by atoms with Gasteiger partial charge >= 0.3 is 0 Å². The summed E-state index contributed by atoms with van der Waals surface area (Å²) in [5.74, 6) is 0.296. The average molecular weight is 374 g/mol. The van der Waals surface area contributed by atoms with Gasteiger partial charge in [0.2, 0.25) is 5.91 Å². The van der Waals surface area contributed by atoms with Gasteiger partial charge in [0, 0.05) is 50.4 Å². The molecule has 1 amide bonds. The Balaban J connectivity index is 0.00000144. The quantitative estimate of drug-likeness (QED) is 0.884. The zero-order chi connectivity index (χ0) is 15.5. The number of hydrogen-bond donors (Lipinski definition) is 1. The first-order valence-electron chi connectivity index (χ1n) is 8.51. The standard InChI is InChI=1S/C18H27N3O.2ClH/c1-14-7-8-16-5-3-4-6-17(16)20(14)11-9-18(22)21-12-10-19-13-15(21)2;;/h3-6,14-15,19H,7-13H2,1-2H3;2*1H/t14?,15-;;/m1../s1. The second-order valence-corrected chi connectivity index (χ2v) is 6.60. The summed E-state index contributed by atoms with van der Waals surface area (Å²) >= 11 is 0. The monoisotopic (exact) mass is 373 g/mol. The zero-order valence-electron chi connectivity index (χ0n) is 14.5. The number of anilines is 1. The van der Waals surface area contributed by atoms with Crippen LogP contribution in [0, 0.1) is 0 Å². The van der Waals surface area contributed by atoms with Gasteiger partial charge in [0.05, 0.1) is 0 Å². The Morgan fingerprint density at radius 3 is 2.71 bits per heavy atom. The fraction of sp³-hybridized carbons (Fsp3) is 0.611. The van der Waals surface area contributed by atoms with Gasteiger partial charge in [-0.3, -0.25) is 4.79 Å². The molecule has 0 aromatic heterocycles. The average Bonchev–Trinajstić information content (AvgIpc) is 2.54. The van der Waals surface area contributed by atoms with Crippen molar-refractivity contribution in [2.75, 3.05) is 31.1 Å². The predicted octanol–water partition coefficient (Wildman–Crippen LogP) is 2.88. The summed E-state index contributed by atoms with van der Waals surface area (Å²) in [5.41, 5.74) is 2.74. The van der Waals surface area contributed by atoms with Gasteiger partial charge in [-0.2, -0.15) is 0 Å². The molecule has 1 saturated heterocycles. The fourth-order valence-electron chi connectivity index (χ4n) is 3.67. The predicted molar refractivity (Wildman–Crippen MR) is 105 cm³/mol. The lowest BCUT2D eigenvalue weighted by Crippen LogP contribution is -2.53. The van der Waals surface area contributed by atoms with Crippen molar-refractivity contribution in [3.05, 3.63) is 29.8 Å². The van der Waals surface area contributed by atoms with Gasteiger partial charge in [-0.15, -0.1) is 24.8 Å². The van der Waals surface area contributed by atoms with Crippen LogP contribution in [0.2, 0.25) is 0 Å². The first kappa shape index (κ1) is 21.1. The lowest BCUT2D eigenvalue weighted by atomic mass is 9.96. The zero-order valence-corrected chi connectivity index (χ0v) is 16.2. The first-order valence-corrected chi connectivity index (χ1v) is 8.51. The molecule has 1 unspecified atom stereocenters. The van der Waals surface area contributed by atoms with Crippen LogP contribution in [-0.2, 0) is 11.2 Å². The van der Waals surface area contributed by atoms with E-state index in [1.165, 1.54) is 17.7 Å². The van der Waals surface area contributed by atoms with Gasteiger partial charge < -0.3 is 15.1 Å². The summed E-state index contributed by atoms with van der Waals surface area (Å²) < 4.78 is 0. The van der Waals surface area contributed by atoms with Crippen molar-refractivity contribution in [3.63, 3.8) is 0 Å². The largest absolute Gasteiger partial charge is 0.368 e. The molecule has 2 heterocycles. The molecule has 0 spiro atoms. The van der Waals surface area contributed by atoms with E-state index in [4.69, 9.17) is 0 Å². The summed E-state index contributed by atoms with van der Waals surface area (Å²) in [6.45, 7) is 7.89. The van der Waals surface area contributed by atoms with Crippen LogP contribution in [0.4, 0.5) is 5.69 Å². The minimum absolute atomic E-state index is 0. The third kappa shape index (κ3) is 4.56. The summed E-state index contributed by atoms with van der Waals surface area (Å²) in [6, 6.07) is 9.46. The number of rotatable bonds is 3. The Kier molecular flexibility index (Phi) is 8.34. The van der Waals surface area contributed by atoms with E-state index in [-0.39, 0.29) is 24.8 Å². The second-order valence-electron chi connectivity index (χ2n) is 6.60. The van der Waals surface area contributed by atoms with Crippen LogP contribution < -0.4 is 10.2 Å². The van der Waals surface area contributed by atoms with Gasteiger partial charge in [0.15, 0.2) is 0 Å². The van der Waals surface area contributed by atoms with Gasteiger partial charge in [0.25, 0.3) is 0 Å². The lowest BCUT2D eigenvalue weighted by Gasteiger charge is -2.38. The van der Waals surface area contributed by atoms with Crippen molar-refractivity contribution in [2.24, 2.45) is 0 Å². The van der Waals surface area contributed by atoms with Gasteiger partial charge in [-0.25, -0.2) is 0 Å². The Hall–Kier alpha value is -0.970. The number of nitrogens with one attached hydrogen (secondary N) is 1. The number of hydrogen-bond acceptors (Lipinski definition) is 3. The minimum atomic E-state index is 0. The molecule has 136 valence electrons. The molecule has 0 radical (unpaired) electrons. The molecule has 1 N–H and O–H groups in total. The molecule has 1 aromatic carbocycles. The van der Waals surface area contributed by atoms with Crippen LogP contribution in [0.25, 0.3) is 0 Å². The molecular formula is C18H29Cl2N3O. The molecule has 0 bridgehead atoms. The lowest BCUT2D eigenvalue weighted by molar-refractivity contribution is -0.133. The first-order chi connectivity index (χ1) is 10.7. The maximum atomic E-state index is 12.5. The highest BCUT2D eigenvalue weighted by Crippen LogP contribution is 2.30. The molecule has 1 aromatic rings. The van der Waals surface area contributed by atoms with Crippen LogP contribution in [0.5, 0.6) is 0 Å². The number of benzene rings is 1. The molecular weight excluding hydrogens is 345 g/mol. The molecule has 2 aliphatic heterocycles. The summed E-state index contributed by atoms with van der Waals surface area (Å²) in [7, 11) is 0. The molecule has 3 rings (SSSR count). The van der Waals surface area contributed by atoms with Crippen molar-refractivity contribution in [2.45, 2.75) is 45.2 Å². The topological polar surface area (TPSA) is 35.6 Å². The molecule has 2 atom stereocenters. The van der Waals surface area contributed by atoms with Crippen molar-refractivity contribution < 1.29 is 4.79 Å². The maximum Gasteiger partial charge on any atom is 0.224 e. The number of para-hydroxylation sites is 1. The van der Waals surface area contributed by atoms with Crippen molar-refractivity contribution in [1.82, 2.24) is 10.2 Å². The van der Waals surface area contributed by atoms with Crippen LogP contribution in [0.3, 0.4) is 0 Å². The fourth-order valence-corrected chi connectivity index (χ4v) is 3.67. The highest BCUT2D eigenvalue weighted by atomic mass is 35.5. The van der Waals surface area contributed by atoms with E-state index in [9.17, 15) is 4.79 Å². The Morgan fingerprint density at radius 1 is 1.21 bits per heavy atom. The van der Waals surface area contributed by atoms with E-state index in [1.807, 2.05) is 4.90 Å². The SMILES string of the molecule is CC1CCc2ccccc2N1CCC(=O)N1CCNC[C@H]1C.Cl.Cl. The van der Waals surface area contributed by atoms with Crippen LogP contribution in [-0.4, -0.2) is 49.1 Å². The number of fused-ring (bicyclic) bond motifs is 1. The summed E-state index contributed by atoms with van der Waals surface area (Å²) in [5, 5.41) is 3.34. The van der Waals surface area contributed by atoms with Gasteiger partial charge in [-0.1, -0.05) is 18.2 Å². The van der Waals surface area contributed by atoms with Crippen molar-refractivity contribution >= 4 is 36.4 Å². The molecule has 4 nitrogen and oxygen atoms in total. The summed E-state index contributed by atoms with van der Waals surface area (Å²) in [6.07, 6.45) is 2.94. The number of carbonyl (C=O) groups is 1. The van der Waals surface area contributed by atoms with E-state index in [0.29, 0.717) is 24.4 Å². The molecule has 6 heteroatoms. The molecule has 2 aliphatic rings. The van der Waals surface area contributed by atoms with Crippen molar-refractivity contribution in [1.29, 1.82) is 0 Å². The third-order valence-electron chi connectivity index (χ3n) is 5.05. The Labute approximate surface area is 157 Å². The van der Waals surface area contributed by atoms with Crippen LogP contribution in [0.15, 0.2) is 24.3 Å². The normalized spacial score (nSPS) is 22.9. The Morgan fingerprint density at radius 2 is 1.96 bits per heavy atom. The maximum absolute atomic E-state index is 12.5. The molecule has 0 aliphatic carbocycles. The van der Waals surface area contributed by atoms with E-state index < -0.39 is 0 Å². The molecule has 24 heavy (non-hydrogen) atoms. The van der Waals surface area contributed by atoms with E-state index in [1.54, 1.807) is 0 Å².